The second-order valence-corrected chi connectivity index (χ2v) is 1.98. The maximum Gasteiger partial charge on any atom is 0.146 e. The first kappa shape index (κ1) is 8.15. The Morgan fingerprint density at radius 3 is 2.11 bits per heavy atom. The molecule has 0 aliphatic rings. The van der Waals surface area contributed by atoms with E-state index < -0.39 is 0 Å². The largest absolute Gasteiger partial charge is 0.298 e. The summed E-state index contributed by atoms with van der Waals surface area (Å²) in [6.07, 6.45) is 4.71. The Morgan fingerprint density at radius 2 is 1.78 bits per heavy atom. The van der Waals surface area contributed by atoms with Crippen LogP contribution in [0.25, 0.3) is 0 Å². The van der Waals surface area contributed by atoms with Crippen molar-refractivity contribution in [2.24, 2.45) is 0 Å². The van der Waals surface area contributed by atoms with Crippen molar-refractivity contribution in [3.8, 4) is 0 Å². The molecule has 0 aliphatic carbocycles. The van der Waals surface area contributed by atoms with Gasteiger partial charge in [0.1, 0.15) is 6.29 Å². The molecule has 0 unspecified atom stereocenters. The Balaban J connectivity index is 4.27. The topological polar surface area (TPSA) is 17.1 Å². The molecule has 0 N–H and O–H groups in total. The number of hydrogen-bond acceptors (Lipinski definition) is 1. The summed E-state index contributed by atoms with van der Waals surface area (Å²) in [6.45, 7) is 5.66. The molecule has 0 saturated carbocycles. The van der Waals surface area contributed by atoms with E-state index in [9.17, 15) is 4.79 Å². The second kappa shape index (κ2) is 4.07. The predicted octanol–water partition coefficient (Wildman–Crippen LogP) is 2.10. The zero-order chi connectivity index (χ0) is 7.28. The first-order valence-electron chi connectivity index (χ1n) is 2.97. The maximum atomic E-state index is 10.1. The zero-order valence-electron chi connectivity index (χ0n) is 6.14. The molecule has 0 aliphatic heterocycles. The molecule has 0 aromatic carbocycles. The molecule has 0 heterocycles. The van der Waals surface area contributed by atoms with Crippen LogP contribution in [-0.2, 0) is 4.79 Å². The highest BCUT2D eigenvalue weighted by molar-refractivity contribution is 5.74. The first-order chi connectivity index (χ1) is 4.22. The molecular formula is C8H12O. The van der Waals surface area contributed by atoms with E-state index in [0.717, 1.165) is 17.4 Å². The standard InChI is InChI=1S/C8H12O/c1-4-5-7(2)8(3)6-9/h4-6H,1-3H3/b5-4-,8-7+. The Morgan fingerprint density at radius 1 is 1.22 bits per heavy atom. The second-order valence-electron chi connectivity index (χ2n) is 1.98. The molecule has 0 radical (unpaired) electrons. The minimum Gasteiger partial charge on any atom is -0.298 e. The van der Waals surface area contributed by atoms with Crippen LogP contribution in [-0.4, -0.2) is 6.29 Å². The van der Waals surface area contributed by atoms with Gasteiger partial charge in [-0.15, -0.1) is 0 Å². The van der Waals surface area contributed by atoms with E-state index in [4.69, 9.17) is 0 Å². The number of aldehydes is 1. The average Bonchev–Trinajstić information content (AvgIpc) is 1.87. The first-order valence-corrected chi connectivity index (χ1v) is 2.97. The summed E-state index contributed by atoms with van der Waals surface area (Å²) in [5.41, 5.74) is 1.83. The molecule has 0 saturated heterocycles. The van der Waals surface area contributed by atoms with Gasteiger partial charge in [-0.05, 0) is 31.9 Å². The average molecular weight is 124 g/mol. The number of hydrogen-bond donors (Lipinski definition) is 0. The predicted molar refractivity (Wildman–Crippen MR) is 39.3 cm³/mol. The molecule has 0 spiro atoms. The van der Waals surface area contributed by atoms with E-state index in [1.54, 1.807) is 0 Å². The Hall–Kier alpha value is -0.850. The van der Waals surface area contributed by atoms with Gasteiger partial charge in [0.25, 0.3) is 0 Å². The van der Waals surface area contributed by atoms with Crippen molar-refractivity contribution in [1.82, 2.24) is 0 Å². The molecule has 0 amide bonds. The summed E-state index contributed by atoms with van der Waals surface area (Å²) < 4.78 is 0. The lowest BCUT2D eigenvalue weighted by atomic mass is 10.1. The lowest BCUT2D eigenvalue weighted by Crippen LogP contribution is -1.80. The minimum atomic E-state index is 0.799. The van der Waals surface area contributed by atoms with Gasteiger partial charge in [-0.25, -0.2) is 0 Å². The fourth-order valence-corrected chi connectivity index (χ4v) is 0.474. The summed E-state index contributed by atoms with van der Waals surface area (Å²) in [5, 5.41) is 0. The van der Waals surface area contributed by atoms with Crippen LogP contribution in [0.1, 0.15) is 20.8 Å². The number of allylic oxidation sites excluding steroid dienone is 4. The third kappa shape index (κ3) is 2.85. The van der Waals surface area contributed by atoms with E-state index in [1.165, 1.54) is 0 Å². The van der Waals surface area contributed by atoms with E-state index in [2.05, 4.69) is 0 Å². The van der Waals surface area contributed by atoms with Gasteiger partial charge in [0.2, 0.25) is 0 Å². The smallest absolute Gasteiger partial charge is 0.146 e. The summed E-state index contributed by atoms with van der Waals surface area (Å²) in [5.74, 6) is 0. The summed E-state index contributed by atoms with van der Waals surface area (Å²) in [7, 11) is 0. The quantitative estimate of drug-likeness (QED) is 0.313. The summed E-state index contributed by atoms with van der Waals surface area (Å²) in [4.78, 5) is 10.1. The lowest BCUT2D eigenvalue weighted by Gasteiger charge is -1.90. The van der Waals surface area contributed by atoms with Crippen LogP contribution in [0.15, 0.2) is 23.3 Å². The van der Waals surface area contributed by atoms with Crippen LogP contribution in [0.3, 0.4) is 0 Å². The third-order valence-corrected chi connectivity index (χ3v) is 1.22. The fourth-order valence-electron chi connectivity index (χ4n) is 0.474. The fraction of sp³-hybridized carbons (Fsp3) is 0.375. The van der Waals surface area contributed by atoms with E-state index in [-0.39, 0.29) is 0 Å². The molecule has 0 aromatic heterocycles. The van der Waals surface area contributed by atoms with Crippen LogP contribution >= 0.6 is 0 Å². The molecule has 1 heteroatoms. The van der Waals surface area contributed by atoms with E-state index >= 15 is 0 Å². The van der Waals surface area contributed by atoms with Crippen LogP contribution in [0.2, 0.25) is 0 Å². The van der Waals surface area contributed by atoms with Crippen molar-refractivity contribution in [2.45, 2.75) is 20.8 Å². The number of carbonyl (C=O) groups excluding carboxylic acids is 1. The molecule has 0 bridgehead atoms. The third-order valence-electron chi connectivity index (χ3n) is 1.22. The van der Waals surface area contributed by atoms with Crippen molar-refractivity contribution >= 4 is 6.29 Å². The summed E-state index contributed by atoms with van der Waals surface area (Å²) >= 11 is 0. The van der Waals surface area contributed by atoms with Gasteiger partial charge < -0.3 is 0 Å². The van der Waals surface area contributed by atoms with Crippen molar-refractivity contribution in [1.29, 1.82) is 0 Å². The van der Waals surface area contributed by atoms with E-state index in [0.29, 0.717) is 0 Å². The molecular weight excluding hydrogens is 112 g/mol. The van der Waals surface area contributed by atoms with Crippen LogP contribution in [0.5, 0.6) is 0 Å². The highest BCUT2D eigenvalue weighted by atomic mass is 16.1. The molecule has 1 nitrogen and oxygen atoms in total. The Labute approximate surface area is 56.1 Å². The van der Waals surface area contributed by atoms with Gasteiger partial charge in [-0.1, -0.05) is 12.2 Å². The molecule has 0 fully saturated rings. The van der Waals surface area contributed by atoms with Gasteiger partial charge in [0.15, 0.2) is 0 Å². The van der Waals surface area contributed by atoms with E-state index in [1.807, 2.05) is 32.9 Å². The minimum absolute atomic E-state index is 0.799. The maximum absolute atomic E-state index is 10.1. The Kier molecular flexibility index (Phi) is 3.69. The van der Waals surface area contributed by atoms with Crippen molar-refractivity contribution in [3.05, 3.63) is 23.3 Å². The molecule has 50 valence electrons. The van der Waals surface area contributed by atoms with Gasteiger partial charge in [0.05, 0.1) is 0 Å². The zero-order valence-corrected chi connectivity index (χ0v) is 6.14. The monoisotopic (exact) mass is 124 g/mol. The lowest BCUT2D eigenvalue weighted by molar-refractivity contribution is -0.104. The van der Waals surface area contributed by atoms with Crippen LogP contribution in [0.4, 0.5) is 0 Å². The van der Waals surface area contributed by atoms with Crippen LogP contribution in [0, 0.1) is 0 Å². The van der Waals surface area contributed by atoms with Gasteiger partial charge >= 0.3 is 0 Å². The summed E-state index contributed by atoms with van der Waals surface area (Å²) in [6, 6.07) is 0. The molecule has 9 heavy (non-hydrogen) atoms. The van der Waals surface area contributed by atoms with Crippen molar-refractivity contribution in [3.63, 3.8) is 0 Å². The molecule has 0 rings (SSSR count). The SMILES string of the molecule is C/C=C\C(C)=C(/C)C=O. The van der Waals surface area contributed by atoms with Gasteiger partial charge in [-0.3, -0.25) is 4.79 Å². The van der Waals surface area contributed by atoms with Crippen molar-refractivity contribution in [2.75, 3.05) is 0 Å². The highest BCUT2D eigenvalue weighted by Crippen LogP contribution is 2.00. The van der Waals surface area contributed by atoms with Gasteiger partial charge in [-0.2, -0.15) is 0 Å². The normalized spacial score (nSPS) is 13.7. The molecule has 0 aromatic rings. The van der Waals surface area contributed by atoms with Gasteiger partial charge in [0, 0.05) is 0 Å². The number of rotatable bonds is 2. The Bertz CT molecular complexity index is 152. The van der Waals surface area contributed by atoms with Crippen LogP contribution < -0.4 is 0 Å². The number of carbonyl (C=O) groups is 1. The highest BCUT2D eigenvalue weighted by Gasteiger charge is 1.87. The molecule has 0 atom stereocenters. The van der Waals surface area contributed by atoms with Crippen molar-refractivity contribution < 1.29 is 4.79 Å².